The van der Waals surface area contributed by atoms with E-state index in [2.05, 4.69) is 15.5 Å². The van der Waals surface area contributed by atoms with E-state index in [1.807, 2.05) is 53.5 Å². The van der Waals surface area contributed by atoms with E-state index in [1.165, 1.54) is 0 Å². The third kappa shape index (κ3) is 3.32. The Bertz CT molecular complexity index is 1120. The maximum atomic E-state index is 12.5. The number of nitrogens with one attached hydrogen (secondary N) is 1. The minimum Gasteiger partial charge on any atom is -0.398 e. The Labute approximate surface area is 161 Å². The molecule has 4 rings (SSSR count). The van der Waals surface area contributed by atoms with Gasteiger partial charge in [0.15, 0.2) is 18.9 Å². The summed E-state index contributed by atoms with van der Waals surface area (Å²) in [6.07, 6.45) is 7.37. The van der Waals surface area contributed by atoms with Gasteiger partial charge in [-0.05, 0) is 26.0 Å². The molecule has 142 valence electrons. The molecule has 1 amide bonds. The molecule has 8 nitrogen and oxygen atoms in total. The molecule has 3 N–H and O–H groups in total. The van der Waals surface area contributed by atoms with Crippen LogP contribution in [0.1, 0.15) is 21.8 Å². The Morgan fingerprint density at radius 2 is 2.07 bits per heavy atom. The van der Waals surface area contributed by atoms with E-state index in [4.69, 9.17) is 10.3 Å². The van der Waals surface area contributed by atoms with Gasteiger partial charge in [0.2, 0.25) is 0 Å². The number of nitrogens with two attached hydrogens (primary N) is 1. The summed E-state index contributed by atoms with van der Waals surface area (Å²) in [5.41, 5.74) is 10.3. The topological polar surface area (TPSA) is 102 Å². The third-order valence-corrected chi connectivity index (χ3v) is 4.64. The number of carbonyl (C=O) groups is 1. The number of aryl methyl sites for hydroxylation is 2. The molecule has 4 aromatic rings. The first-order valence-corrected chi connectivity index (χ1v) is 8.96. The number of imidazole rings is 1. The molecule has 0 saturated carbocycles. The van der Waals surface area contributed by atoms with Crippen molar-refractivity contribution in [2.24, 2.45) is 0 Å². The first-order valence-electron chi connectivity index (χ1n) is 8.96. The van der Waals surface area contributed by atoms with Gasteiger partial charge in [-0.25, -0.2) is 9.55 Å². The third-order valence-electron chi connectivity index (χ3n) is 4.64. The highest BCUT2D eigenvalue weighted by Gasteiger charge is 2.16. The van der Waals surface area contributed by atoms with Crippen molar-refractivity contribution < 1.29 is 13.9 Å². The summed E-state index contributed by atoms with van der Waals surface area (Å²) in [4.78, 5) is 16.9. The van der Waals surface area contributed by atoms with Gasteiger partial charge in [-0.15, -0.1) is 0 Å². The van der Waals surface area contributed by atoms with E-state index in [1.54, 1.807) is 18.3 Å². The second-order valence-corrected chi connectivity index (χ2v) is 6.61. The maximum absolute atomic E-state index is 12.5. The molecule has 8 heteroatoms. The summed E-state index contributed by atoms with van der Waals surface area (Å²) in [5, 5.41) is 6.93. The number of anilines is 1. The molecular weight excluding hydrogens is 356 g/mol. The number of hydrogen-bond donors (Lipinski definition) is 2. The van der Waals surface area contributed by atoms with Crippen LogP contribution in [-0.2, 0) is 6.54 Å². The second-order valence-electron chi connectivity index (χ2n) is 6.61. The number of fused-ring (bicyclic) bond motifs is 1. The van der Waals surface area contributed by atoms with Crippen molar-refractivity contribution >= 4 is 17.2 Å². The summed E-state index contributed by atoms with van der Waals surface area (Å²) < 4.78 is 9.14. The van der Waals surface area contributed by atoms with Crippen molar-refractivity contribution in [3.63, 3.8) is 0 Å². The molecule has 28 heavy (non-hydrogen) atoms. The van der Waals surface area contributed by atoms with Crippen LogP contribution in [0.5, 0.6) is 0 Å². The monoisotopic (exact) mass is 377 g/mol. The fourth-order valence-electron chi connectivity index (χ4n) is 3.17. The van der Waals surface area contributed by atoms with Crippen LogP contribution >= 0.6 is 0 Å². The van der Waals surface area contributed by atoms with E-state index < -0.39 is 0 Å². The normalized spacial score (nSPS) is 11.1. The fraction of sp³-hybridized carbons (Fsp3) is 0.200. The number of rotatable bonds is 5. The van der Waals surface area contributed by atoms with Crippen LogP contribution in [0.25, 0.3) is 16.9 Å². The van der Waals surface area contributed by atoms with Crippen molar-refractivity contribution in [2.45, 2.75) is 20.4 Å². The molecule has 0 bridgehead atoms. The molecule has 0 spiro atoms. The molecule has 0 fully saturated rings. The number of amides is 1. The van der Waals surface area contributed by atoms with Gasteiger partial charge in [-0.1, -0.05) is 5.16 Å². The molecule has 0 saturated heterocycles. The SMILES string of the molecule is Cc1noc(C)c1-c1cnc2cc(C(=O)NCC[n+]3ccc(N)cc3)ccn12. The van der Waals surface area contributed by atoms with Crippen LogP contribution in [0.15, 0.2) is 53.6 Å². The highest BCUT2D eigenvalue weighted by molar-refractivity contribution is 5.95. The van der Waals surface area contributed by atoms with Gasteiger partial charge >= 0.3 is 0 Å². The molecule has 0 radical (unpaired) electrons. The van der Waals surface area contributed by atoms with Crippen molar-refractivity contribution in [3.8, 4) is 11.3 Å². The zero-order chi connectivity index (χ0) is 19.7. The summed E-state index contributed by atoms with van der Waals surface area (Å²) >= 11 is 0. The summed E-state index contributed by atoms with van der Waals surface area (Å²) in [6, 6.07) is 7.20. The number of aromatic nitrogens is 4. The number of pyridine rings is 2. The van der Waals surface area contributed by atoms with Crippen LogP contribution < -0.4 is 15.6 Å². The van der Waals surface area contributed by atoms with Crippen molar-refractivity contribution in [3.05, 3.63) is 66.1 Å². The van der Waals surface area contributed by atoms with E-state index in [9.17, 15) is 4.79 Å². The molecule has 0 aromatic carbocycles. The first-order chi connectivity index (χ1) is 13.5. The summed E-state index contributed by atoms with van der Waals surface area (Å²) in [7, 11) is 0. The summed E-state index contributed by atoms with van der Waals surface area (Å²) in [6.45, 7) is 4.94. The Morgan fingerprint density at radius 3 is 2.79 bits per heavy atom. The zero-order valence-corrected chi connectivity index (χ0v) is 15.7. The van der Waals surface area contributed by atoms with Gasteiger partial charge < -0.3 is 15.6 Å². The lowest BCUT2D eigenvalue weighted by atomic mass is 10.1. The minimum atomic E-state index is -0.138. The first kappa shape index (κ1) is 17.7. The van der Waals surface area contributed by atoms with Crippen molar-refractivity contribution in [1.82, 2.24) is 19.9 Å². The number of nitrogen functional groups attached to an aromatic ring is 1. The van der Waals surface area contributed by atoms with Crippen LogP contribution in [0.3, 0.4) is 0 Å². The Hall–Kier alpha value is -3.68. The average molecular weight is 377 g/mol. The van der Waals surface area contributed by atoms with Gasteiger partial charge in [0, 0.05) is 29.6 Å². The zero-order valence-electron chi connectivity index (χ0n) is 15.7. The quantitative estimate of drug-likeness (QED) is 0.517. The predicted octanol–water partition coefficient (Wildman–Crippen LogP) is 1.91. The molecule has 4 heterocycles. The van der Waals surface area contributed by atoms with E-state index >= 15 is 0 Å². The van der Waals surface area contributed by atoms with Crippen LogP contribution in [0, 0.1) is 13.8 Å². The van der Waals surface area contributed by atoms with Crippen molar-refractivity contribution in [1.29, 1.82) is 0 Å². The lowest BCUT2D eigenvalue weighted by Gasteiger charge is -2.05. The largest absolute Gasteiger partial charge is 0.398 e. The smallest absolute Gasteiger partial charge is 0.251 e. The van der Waals surface area contributed by atoms with Crippen LogP contribution in [0.4, 0.5) is 5.69 Å². The summed E-state index contributed by atoms with van der Waals surface area (Å²) in [5.74, 6) is 0.599. The van der Waals surface area contributed by atoms with E-state index in [-0.39, 0.29) is 5.91 Å². The minimum absolute atomic E-state index is 0.138. The fourth-order valence-corrected chi connectivity index (χ4v) is 3.17. The van der Waals surface area contributed by atoms with Crippen LogP contribution in [-0.4, -0.2) is 27.0 Å². The average Bonchev–Trinajstić information content (AvgIpc) is 3.25. The van der Waals surface area contributed by atoms with Gasteiger partial charge in [0.1, 0.15) is 11.4 Å². The Morgan fingerprint density at radius 1 is 1.29 bits per heavy atom. The lowest BCUT2D eigenvalue weighted by Crippen LogP contribution is -2.40. The lowest BCUT2D eigenvalue weighted by molar-refractivity contribution is -0.694. The predicted molar refractivity (Wildman–Crippen MR) is 104 cm³/mol. The second kappa shape index (κ2) is 7.15. The number of nitrogens with zero attached hydrogens (tertiary/aromatic N) is 4. The number of carbonyl (C=O) groups excluding carboxylic acids is 1. The molecule has 4 aromatic heterocycles. The van der Waals surface area contributed by atoms with Crippen molar-refractivity contribution in [2.75, 3.05) is 12.3 Å². The Balaban J connectivity index is 1.49. The molecule has 0 unspecified atom stereocenters. The molecule has 0 atom stereocenters. The van der Waals surface area contributed by atoms with Crippen LogP contribution in [0.2, 0.25) is 0 Å². The Kier molecular flexibility index (Phi) is 4.52. The molecule has 0 aliphatic rings. The van der Waals surface area contributed by atoms with E-state index in [0.717, 1.165) is 22.7 Å². The van der Waals surface area contributed by atoms with Gasteiger partial charge in [-0.2, -0.15) is 0 Å². The highest BCUT2D eigenvalue weighted by Crippen LogP contribution is 2.27. The standard InChI is InChI=1S/C20H20N6O2/c1-13-19(14(2)28-24-13)17-12-23-18-11-15(3-9-26(17)18)20(27)22-6-10-25-7-4-16(21)5-8-25/h3-5,7-9,11-12,21H,6,10H2,1-2H3,(H,22,27)/p+1. The molecular formula is C20H21N6O2+. The van der Waals surface area contributed by atoms with Gasteiger partial charge in [-0.3, -0.25) is 9.20 Å². The number of hydrogen-bond acceptors (Lipinski definition) is 5. The van der Waals surface area contributed by atoms with E-state index in [0.29, 0.717) is 30.0 Å². The molecule has 0 aliphatic heterocycles. The maximum Gasteiger partial charge on any atom is 0.251 e. The van der Waals surface area contributed by atoms with Gasteiger partial charge in [0.05, 0.1) is 29.7 Å². The highest BCUT2D eigenvalue weighted by atomic mass is 16.5. The molecule has 0 aliphatic carbocycles. The van der Waals surface area contributed by atoms with Gasteiger partial charge in [0.25, 0.3) is 5.91 Å².